The molecule has 12 heteroatoms. The topological polar surface area (TPSA) is 152 Å². The van der Waals surface area contributed by atoms with Crippen LogP contribution in [0.25, 0.3) is 10.9 Å². The van der Waals surface area contributed by atoms with Gasteiger partial charge in [-0.1, -0.05) is 35.9 Å². The van der Waals surface area contributed by atoms with Gasteiger partial charge in [-0.25, -0.2) is 4.98 Å². The number of carbonyl (C=O) groups is 4. The first kappa shape index (κ1) is 26.5. The highest BCUT2D eigenvalue weighted by Crippen LogP contribution is 2.43. The SMILES string of the molecule is NC(=O)c1nn(CC(=O)N2[C@@H]3CC[C@@H](C3)[C@H]2C(=O)Nc2cccc(Cl)n2)c2cc(NC(=O)c3ccccc3)ccc12. The van der Waals surface area contributed by atoms with Crippen molar-refractivity contribution in [2.24, 2.45) is 11.7 Å². The number of rotatable bonds is 7. The van der Waals surface area contributed by atoms with E-state index in [0.29, 0.717) is 28.0 Å². The van der Waals surface area contributed by atoms with Gasteiger partial charge in [-0.15, -0.1) is 0 Å². The molecule has 0 unspecified atom stereocenters. The van der Waals surface area contributed by atoms with Crippen molar-refractivity contribution in [1.82, 2.24) is 19.7 Å². The molecule has 4 N–H and O–H groups in total. The molecule has 1 saturated heterocycles. The number of amides is 4. The van der Waals surface area contributed by atoms with Crippen LogP contribution in [-0.2, 0) is 16.1 Å². The fourth-order valence-electron chi connectivity index (χ4n) is 5.92. The van der Waals surface area contributed by atoms with Gasteiger partial charge in [-0.3, -0.25) is 23.9 Å². The largest absolute Gasteiger partial charge is 0.364 e. The molecule has 0 radical (unpaired) electrons. The highest BCUT2D eigenvalue weighted by Gasteiger charge is 2.51. The van der Waals surface area contributed by atoms with Gasteiger partial charge in [0.15, 0.2) is 5.69 Å². The molecule has 6 rings (SSSR count). The van der Waals surface area contributed by atoms with Gasteiger partial charge in [0.25, 0.3) is 11.8 Å². The Bertz CT molecular complexity index is 1690. The molecule has 2 fully saturated rings. The van der Waals surface area contributed by atoms with E-state index < -0.39 is 11.9 Å². The minimum Gasteiger partial charge on any atom is -0.364 e. The Labute approximate surface area is 239 Å². The number of benzene rings is 2. The van der Waals surface area contributed by atoms with Gasteiger partial charge in [-0.2, -0.15) is 5.10 Å². The molecule has 3 heterocycles. The fourth-order valence-corrected chi connectivity index (χ4v) is 6.08. The number of nitrogens with zero attached hydrogens (tertiary/aromatic N) is 4. The summed E-state index contributed by atoms with van der Waals surface area (Å²) >= 11 is 5.97. The molecule has 0 spiro atoms. The van der Waals surface area contributed by atoms with E-state index in [1.165, 1.54) is 4.68 Å². The number of likely N-dealkylation sites (tertiary alicyclic amines) is 1. The summed E-state index contributed by atoms with van der Waals surface area (Å²) in [5, 5.41) is 10.7. The average Bonchev–Trinajstić information content (AvgIpc) is 3.67. The van der Waals surface area contributed by atoms with Gasteiger partial charge in [0.05, 0.1) is 5.52 Å². The summed E-state index contributed by atoms with van der Waals surface area (Å²) in [6.07, 6.45) is 2.38. The zero-order chi connectivity index (χ0) is 28.7. The van der Waals surface area contributed by atoms with Gasteiger partial charge in [0, 0.05) is 22.7 Å². The van der Waals surface area contributed by atoms with E-state index in [2.05, 4.69) is 20.7 Å². The molecule has 41 heavy (non-hydrogen) atoms. The van der Waals surface area contributed by atoms with E-state index in [0.717, 1.165) is 19.3 Å². The van der Waals surface area contributed by atoms with Crippen molar-refractivity contribution < 1.29 is 19.2 Å². The van der Waals surface area contributed by atoms with Gasteiger partial charge in [0.2, 0.25) is 11.8 Å². The first-order valence-electron chi connectivity index (χ1n) is 13.2. The third-order valence-electron chi connectivity index (χ3n) is 7.67. The Kier molecular flexibility index (Phi) is 6.88. The molecule has 4 aromatic rings. The van der Waals surface area contributed by atoms with Gasteiger partial charge < -0.3 is 21.3 Å². The Balaban J connectivity index is 1.27. The standard InChI is InChI=1S/C29H26ClN7O4/c30-22-7-4-8-23(33-22)34-29(41)26-17-9-11-19(13-17)37(26)24(38)15-36-21-14-18(10-12-20(21)25(35-36)27(31)39)32-28(40)16-5-2-1-3-6-16/h1-8,10,12,14,17,19,26H,9,11,13,15H2,(H2,31,39)(H,32,40)(H,33,34,41)/t17-,19+,26-/m0/s1. The number of halogens is 1. The molecule has 1 aliphatic carbocycles. The van der Waals surface area contributed by atoms with Gasteiger partial charge in [0.1, 0.15) is 23.6 Å². The van der Waals surface area contributed by atoms with Crippen LogP contribution in [0, 0.1) is 5.92 Å². The number of pyridine rings is 1. The van der Waals surface area contributed by atoms with Crippen LogP contribution < -0.4 is 16.4 Å². The summed E-state index contributed by atoms with van der Waals surface area (Å²) in [5.41, 5.74) is 6.99. The van der Waals surface area contributed by atoms with E-state index in [1.54, 1.807) is 65.6 Å². The zero-order valence-corrected chi connectivity index (χ0v) is 22.5. The minimum atomic E-state index is -0.742. The lowest BCUT2D eigenvalue weighted by atomic mass is 9.97. The highest BCUT2D eigenvalue weighted by atomic mass is 35.5. The lowest BCUT2D eigenvalue weighted by molar-refractivity contribution is -0.141. The van der Waals surface area contributed by atoms with Crippen LogP contribution in [0.3, 0.4) is 0 Å². The summed E-state index contributed by atoms with van der Waals surface area (Å²) in [6.45, 7) is -0.220. The molecule has 2 bridgehead atoms. The lowest BCUT2D eigenvalue weighted by Crippen LogP contribution is -2.52. The summed E-state index contributed by atoms with van der Waals surface area (Å²) in [5.74, 6) is -1.34. The highest BCUT2D eigenvalue weighted by molar-refractivity contribution is 6.29. The van der Waals surface area contributed by atoms with Crippen LogP contribution in [0.4, 0.5) is 11.5 Å². The second kappa shape index (κ2) is 10.7. The van der Waals surface area contributed by atoms with Gasteiger partial charge >= 0.3 is 0 Å². The van der Waals surface area contributed by atoms with Crippen molar-refractivity contribution in [1.29, 1.82) is 0 Å². The van der Waals surface area contributed by atoms with Gasteiger partial charge in [-0.05, 0) is 67.6 Å². The second-order valence-electron chi connectivity index (χ2n) is 10.2. The number of anilines is 2. The maximum Gasteiger partial charge on any atom is 0.269 e. The number of aromatic nitrogens is 3. The molecule has 1 aliphatic heterocycles. The van der Waals surface area contributed by atoms with E-state index in [4.69, 9.17) is 17.3 Å². The van der Waals surface area contributed by atoms with Crippen LogP contribution >= 0.6 is 11.6 Å². The Morgan fingerprint density at radius 1 is 0.976 bits per heavy atom. The fraction of sp³-hybridized carbons (Fsp3) is 0.241. The van der Waals surface area contributed by atoms with Crippen molar-refractivity contribution in [3.63, 3.8) is 0 Å². The predicted octanol–water partition coefficient (Wildman–Crippen LogP) is 3.45. The third kappa shape index (κ3) is 5.11. The first-order valence-corrected chi connectivity index (χ1v) is 13.6. The molecular weight excluding hydrogens is 546 g/mol. The number of nitrogens with one attached hydrogen (secondary N) is 2. The number of hydrogen-bond donors (Lipinski definition) is 3. The Hall–Kier alpha value is -4.77. The second-order valence-corrected chi connectivity index (χ2v) is 10.6. The summed E-state index contributed by atoms with van der Waals surface area (Å²) in [6, 6.07) is 17.9. The number of nitrogens with two attached hydrogens (primary N) is 1. The van der Waals surface area contributed by atoms with Crippen molar-refractivity contribution in [3.8, 4) is 0 Å². The molecule has 2 aromatic carbocycles. The molecule has 2 aliphatic rings. The van der Waals surface area contributed by atoms with Crippen LogP contribution in [-0.4, -0.2) is 55.4 Å². The zero-order valence-electron chi connectivity index (χ0n) is 21.8. The number of hydrogen-bond acceptors (Lipinski definition) is 6. The van der Waals surface area contributed by atoms with Crippen LogP contribution in [0.1, 0.15) is 40.1 Å². The first-order chi connectivity index (χ1) is 19.8. The summed E-state index contributed by atoms with van der Waals surface area (Å²) in [7, 11) is 0. The van der Waals surface area contributed by atoms with E-state index in [1.807, 2.05) is 6.07 Å². The quantitative estimate of drug-likeness (QED) is 0.289. The molecule has 1 saturated carbocycles. The summed E-state index contributed by atoms with van der Waals surface area (Å²) < 4.78 is 1.40. The van der Waals surface area contributed by atoms with Crippen molar-refractivity contribution in [2.75, 3.05) is 10.6 Å². The maximum absolute atomic E-state index is 13.8. The Morgan fingerprint density at radius 2 is 1.78 bits per heavy atom. The molecule has 11 nitrogen and oxygen atoms in total. The number of fused-ring (bicyclic) bond motifs is 3. The van der Waals surface area contributed by atoms with Crippen LogP contribution in [0.2, 0.25) is 5.15 Å². The number of carbonyl (C=O) groups excluding carboxylic acids is 4. The van der Waals surface area contributed by atoms with Crippen molar-refractivity contribution >= 4 is 57.6 Å². The average molecular weight is 572 g/mol. The monoisotopic (exact) mass is 571 g/mol. The number of piperidine rings is 1. The smallest absolute Gasteiger partial charge is 0.269 e. The van der Waals surface area contributed by atoms with E-state index >= 15 is 0 Å². The van der Waals surface area contributed by atoms with E-state index in [-0.39, 0.29) is 47.1 Å². The van der Waals surface area contributed by atoms with Crippen molar-refractivity contribution in [3.05, 3.63) is 83.1 Å². The molecular formula is C29H26ClN7O4. The third-order valence-corrected chi connectivity index (χ3v) is 7.88. The molecule has 208 valence electrons. The normalized spacial score (nSPS) is 19.3. The molecule has 3 atom stereocenters. The van der Waals surface area contributed by atoms with Crippen LogP contribution in [0.5, 0.6) is 0 Å². The maximum atomic E-state index is 13.8. The molecule has 4 amide bonds. The minimum absolute atomic E-state index is 0.0120. The lowest BCUT2D eigenvalue weighted by Gasteiger charge is -2.34. The number of primary amides is 1. The van der Waals surface area contributed by atoms with E-state index in [9.17, 15) is 19.2 Å². The Morgan fingerprint density at radius 3 is 2.54 bits per heavy atom. The van der Waals surface area contributed by atoms with Crippen LogP contribution in [0.15, 0.2) is 66.7 Å². The van der Waals surface area contributed by atoms with Crippen molar-refractivity contribution in [2.45, 2.75) is 37.9 Å². The predicted molar refractivity (Wildman–Crippen MR) is 152 cm³/mol. The summed E-state index contributed by atoms with van der Waals surface area (Å²) in [4.78, 5) is 57.7. The molecule has 2 aromatic heterocycles.